The van der Waals surface area contributed by atoms with E-state index in [0.29, 0.717) is 16.6 Å². The molecule has 0 aromatic carbocycles. The summed E-state index contributed by atoms with van der Waals surface area (Å²) in [6, 6.07) is 3.66. The second-order valence-electron chi connectivity index (χ2n) is 4.53. The second-order valence-corrected chi connectivity index (χ2v) is 5.47. The first-order valence-corrected chi connectivity index (χ1v) is 7.06. The van der Waals surface area contributed by atoms with Gasteiger partial charge in [0.05, 0.1) is 0 Å². The van der Waals surface area contributed by atoms with Gasteiger partial charge in [0.15, 0.2) is 5.16 Å². The van der Waals surface area contributed by atoms with E-state index >= 15 is 0 Å². The van der Waals surface area contributed by atoms with Crippen molar-refractivity contribution in [3.05, 3.63) is 40.1 Å². The summed E-state index contributed by atoms with van der Waals surface area (Å²) in [6.45, 7) is 3.86. The van der Waals surface area contributed by atoms with Gasteiger partial charge < -0.3 is 5.73 Å². The summed E-state index contributed by atoms with van der Waals surface area (Å²) in [4.78, 5) is 15.6. The van der Waals surface area contributed by atoms with Crippen molar-refractivity contribution >= 4 is 17.6 Å². The molecule has 106 valence electrons. The minimum Gasteiger partial charge on any atom is -0.382 e. The van der Waals surface area contributed by atoms with Crippen molar-refractivity contribution in [1.82, 2.24) is 19.7 Å². The molecule has 0 saturated heterocycles. The minimum atomic E-state index is -0.207. The number of hydrogen-bond acceptors (Lipinski definition) is 5. The zero-order valence-electron chi connectivity index (χ0n) is 11.3. The Kier molecular flexibility index (Phi) is 4.23. The van der Waals surface area contributed by atoms with E-state index in [1.54, 1.807) is 16.8 Å². The smallest absolute Gasteiger partial charge is 0.344 e. The fourth-order valence-electron chi connectivity index (χ4n) is 1.71. The Balaban J connectivity index is 2.15. The highest BCUT2D eigenvalue weighted by Crippen LogP contribution is 2.21. The molecule has 0 spiro atoms. The number of H-pyrrole nitrogens is 1. The van der Waals surface area contributed by atoms with E-state index in [2.05, 4.69) is 15.2 Å². The van der Waals surface area contributed by atoms with Crippen LogP contribution in [-0.4, -0.2) is 25.6 Å². The molecule has 7 nitrogen and oxygen atoms in total. The van der Waals surface area contributed by atoms with E-state index in [4.69, 9.17) is 11.1 Å². The molecule has 0 aliphatic rings. The lowest BCUT2D eigenvalue weighted by molar-refractivity contribution is 0.534. The zero-order valence-corrected chi connectivity index (χ0v) is 12.1. The maximum atomic E-state index is 11.6. The van der Waals surface area contributed by atoms with Crippen molar-refractivity contribution in [3.8, 4) is 0 Å². The third-order valence-corrected chi connectivity index (χ3v) is 3.68. The fraction of sp³-hybridized carbons (Fsp3) is 0.333. The SMILES string of the molecule is CC(C)n1c(SCc2ccnc(C(=N)N)c2)n[nH]c1=O. The number of aromatic nitrogens is 4. The first-order valence-electron chi connectivity index (χ1n) is 6.08. The van der Waals surface area contributed by atoms with Crippen LogP contribution in [0.2, 0.25) is 0 Å². The van der Waals surface area contributed by atoms with E-state index < -0.39 is 0 Å². The van der Waals surface area contributed by atoms with Crippen LogP contribution in [0.1, 0.15) is 31.1 Å². The van der Waals surface area contributed by atoms with Gasteiger partial charge >= 0.3 is 5.69 Å². The van der Waals surface area contributed by atoms with Gasteiger partial charge in [-0.25, -0.2) is 9.89 Å². The number of aromatic amines is 1. The summed E-state index contributed by atoms with van der Waals surface area (Å²) in [5.41, 5.74) is 6.62. The van der Waals surface area contributed by atoms with Crippen LogP contribution in [0.25, 0.3) is 0 Å². The maximum absolute atomic E-state index is 11.6. The van der Waals surface area contributed by atoms with Gasteiger partial charge in [0.2, 0.25) is 0 Å². The molecule has 0 saturated carbocycles. The van der Waals surface area contributed by atoms with Crippen LogP contribution in [0.3, 0.4) is 0 Å². The summed E-state index contributed by atoms with van der Waals surface area (Å²) in [6.07, 6.45) is 1.62. The number of nitrogens with two attached hydrogens (primary N) is 1. The number of amidine groups is 1. The van der Waals surface area contributed by atoms with Crippen LogP contribution < -0.4 is 11.4 Å². The van der Waals surface area contributed by atoms with Crippen molar-refractivity contribution < 1.29 is 0 Å². The largest absolute Gasteiger partial charge is 0.382 e. The van der Waals surface area contributed by atoms with Crippen LogP contribution in [-0.2, 0) is 5.75 Å². The van der Waals surface area contributed by atoms with E-state index in [-0.39, 0.29) is 17.6 Å². The number of thioether (sulfide) groups is 1. The number of nitrogens with one attached hydrogen (secondary N) is 2. The van der Waals surface area contributed by atoms with Gasteiger partial charge in [-0.2, -0.15) is 0 Å². The van der Waals surface area contributed by atoms with Gasteiger partial charge in [0, 0.05) is 18.0 Å². The van der Waals surface area contributed by atoms with Gasteiger partial charge in [-0.05, 0) is 31.5 Å². The predicted octanol–water partition coefficient (Wildman–Crippen LogP) is 1.12. The lowest BCUT2D eigenvalue weighted by Crippen LogP contribution is -2.19. The molecule has 0 fully saturated rings. The van der Waals surface area contributed by atoms with E-state index in [1.807, 2.05) is 19.9 Å². The molecule has 0 unspecified atom stereocenters. The zero-order chi connectivity index (χ0) is 14.7. The Bertz CT molecular complexity index is 675. The van der Waals surface area contributed by atoms with Crippen LogP contribution >= 0.6 is 11.8 Å². The summed E-state index contributed by atoms with van der Waals surface area (Å²) in [5, 5.41) is 14.5. The molecule has 0 amide bonds. The van der Waals surface area contributed by atoms with Crippen molar-refractivity contribution in [2.24, 2.45) is 5.73 Å². The maximum Gasteiger partial charge on any atom is 0.344 e. The molecule has 4 N–H and O–H groups in total. The van der Waals surface area contributed by atoms with Crippen LogP contribution in [0.5, 0.6) is 0 Å². The molecule has 8 heteroatoms. The van der Waals surface area contributed by atoms with E-state index in [1.165, 1.54) is 11.8 Å². The lowest BCUT2D eigenvalue weighted by Gasteiger charge is -2.08. The Morgan fingerprint density at radius 1 is 1.60 bits per heavy atom. The fourth-order valence-corrected chi connectivity index (χ4v) is 2.73. The summed E-state index contributed by atoms with van der Waals surface area (Å²) in [7, 11) is 0. The first-order chi connectivity index (χ1) is 9.49. The third kappa shape index (κ3) is 3.08. The van der Waals surface area contributed by atoms with Crippen LogP contribution in [0.15, 0.2) is 28.3 Å². The predicted molar refractivity (Wildman–Crippen MR) is 78.0 cm³/mol. The second kappa shape index (κ2) is 5.91. The van der Waals surface area contributed by atoms with Crippen LogP contribution in [0, 0.1) is 5.41 Å². The number of nitrogens with zero attached hydrogens (tertiary/aromatic N) is 3. The van der Waals surface area contributed by atoms with Gasteiger partial charge in [0.25, 0.3) is 0 Å². The Morgan fingerprint density at radius 3 is 3.00 bits per heavy atom. The molecule has 20 heavy (non-hydrogen) atoms. The first kappa shape index (κ1) is 14.3. The molecule has 0 aliphatic heterocycles. The number of rotatable bonds is 5. The highest BCUT2D eigenvalue weighted by Gasteiger charge is 2.12. The van der Waals surface area contributed by atoms with Crippen molar-refractivity contribution in [2.75, 3.05) is 0 Å². The molecule has 2 aromatic heterocycles. The van der Waals surface area contributed by atoms with Crippen molar-refractivity contribution in [2.45, 2.75) is 30.8 Å². The number of hydrogen-bond donors (Lipinski definition) is 3. The Hall–Kier alpha value is -2.09. The Labute approximate surface area is 120 Å². The monoisotopic (exact) mass is 292 g/mol. The lowest BCUT2D eigenvalue weighted by atomic mass is 10.2. The van der Waals surface area contributed by atoms with Crippen molar-refractivity contribution in [3.63, 3.8) is 0 Å². The molecular formula is C12H16N6OS. The van der Waals surface area contributed by atoms with E-state index in [9.17, 15) is 4.79 Å². The summed E-state index contributed by atoms with van der Waals surface area (Å²) >= 11 is 1.45. The standard InChI is InChI=1S/C12H16N6OS/c1-7(2)18-11(19)16-17-12(18)20-6-8-3-4-15-9(5-8)10(13)14/h3-5,7H,6H2,1-2H3,(H3,13,14)(H,16,19). The quantitative estimate of drug-likeness (QED) is 0.434. The van der Waals surface area contributed by atoms with Gasteiger partial charge in [-0.3, -0.25) is 15.0 Å². The molecule has 2 aromatic rings. The highest BCUT2D eigenvalue weighted by molar-refractivity contribution is 7.98. The molecular weight excluding hydrogens is 276 g/mol. The molecule has 0 radical (unpaired) electrons. The van der Waals surface area contributed by atoms with Gasteiger partial charge in [-0.15, -0.1) is 5.10 Å². The van der Waals surface area contributed by atoms with Gasteiger partial charge in [-0.1, -0.05) is 11.8 Å². The summed E-state index contributed by atoms with van der Waals surface area (Å²) in [5.74, 6) is 0.565. The average molecular weight is 292 g/mol. The molecule has 2 heterocycles. The normalized spacial score (nSPS) is 10.9. The van der Waals surface area contributed by atoms with Gasteiger partial charge in [0.1, 0.15) is 11.5 Å². The number of pyridine rings is 1. The summed E-state index contributed by atoms with van der Waals surface area (Å²) < 4.78 is 1.61. The third-order valence-electron chi connectivity index (χ3n) is 2.66. The van der Waals surface area contributed by atoms with Crippen molar-refractivity contribution in [1.29, 1.82) is 5.41 Å². The van der Waals surface area contributed by atoms with Crippen LogP contribution in [0.4, 0.5) is 0 Å². The number of nitrogen functional groups attached to an aromatic ring is 1. The molecule has 0 aliphatic carbocycles. The minimum absolute atomic E-state index is 0.0500. The highest BCUT2D eigenvalue weighted by atomic mass is 32.2. The molecule has 0 bridgehead atoms. The van der Waals surface area contributed by atoms with E-state index in [0.717, 1.165) is 5.56 Å². The Morgan fingerprint density at radius 2 is 2.35 bits per heavy atom. The average Bonchev–Trinajstić information content (AvgIpc) is 2.78. The molecule has 0 atom stereocenters. The topological polar surface area (TPSA) is 113 Å². The molecule has 2 rings (SSSR count).